The Morgan fingerprint density at radius 3 is 2.30 bits per heavy atom. The molecule has 1 aromatic carbocycles. The van der Waals surface area contributed by atoms with Crippen molar-refractivity contribution in [3.63, 3.8) is 0 Å². The molecule has 4 amide bonds. The summed E-state index contributed by atoms with van der Waals surface area (Å²) in [7, 11) is 1.65. The van der Waals surface area contributed by atoms with E-state index in [9.17, 15) is 19.2 Å². The summed E-state index contributed by atoms with van der Waals surface area (Å²) < 4.78 is 17.9. The van der Waals surface area contributed by atoms with Crippen molar-refractivity contribution >= 4 is 29.5 Å². The molecule has 1 saturated carbocycles. The molecule has 4 saturated heterocycles. The van der Waals surface area contributed by atoms with Gasteiger partial charge in [-0.15, -0.1) is 0 Å². The predicted octanol–water partition coefficient (Wildman–Crippen LogP) is 3.31. The van der Waals surface area contributed by atoms with Crippen LogP contribution >= 0.6 is 0 Å². The topological polar surface area (TPSA) is 121 Å². The van der Waals surface area contributed by atoms with Crippen molar-refractivity contribution < 1.29 is 33.4 Å². The van der Waals surface area contributed by atoms with Crippen LogP contribution in [0.1, 0.15) is 88.1 Å². The smallest absolute Gasteiger partial charge is 0.410 e. The van der Waals surface area contributed by atoms with Gasteiger partial charge in [-0.1, -0.05) is 0 Å². The van der Waals surface area contributed by atoms with E-state index in [2.05, 4.69) is 15.1 Å². The third-order valence-corrected chi connectivity index (χ3v) is 11.2. The van der Waals surface area contributed by atoms with Crippen LogP contribution in [0.15, 0.2) is 12.1 Å². The van der Waals surface area contributed by atoms with Crippen LogP contribution in [-0.2, 0) is 25.6 Å². The van der Waals surface area contributed by atoms with E-state index in [1.807, 2.05) is 32.9 Å². The number of anilines is 1. The highest BCUT2D eigenvalue weighted by Gasteiger charge is 2.50. The fourth-order valence-electron chi connectivity index (χ4n) is 8.41. The molecule has 1 N–H and O–H groups in total. The van der Waals surface area contributed by atoms with Crippen molar-refractivity contribution in [2.45, 2.75) is 109 Å². The molecule has 1 aromatic rings. The summed E-state index contributed by atoms with van der Waals surface area (Å²) in [5.41, 5.74) is 2.30. The molecule has 47 heavy (non-hydrogen) atoms. The van der Waals surface area contributed by atoms with Gasteiger partial charge in [0, 0.05) is 62.9 Å². The van der Waals surface area contributed by atoms with Gasteiger partial charge in [-0.05, 0) is 83.3 Å². The number of amides is 4. The number of benzene rings is 1. The first-order chi connectivity index (χ1) is 22.4. The summed E-state index contributed by atoms with van der Waals surface area (Å²) in [5, 5.41) is 2.37. The Morgan fingerprint density at radius 2 is 1.66 bits per heavy atom. The summed E-state index contributed by atoms with van der Waals surface area (Å²) in [6.07, 6.45) is 7.06. The van der Waals surface area contributed by atoms with Crippen molar-refractivity contribution in [3.8, 4) is 5.75 Å². The predicted molar refractivity (Wildman–Crippen MR) is 173 cm³/mol. The van der Waals surface area contributed by atoms with Gasteiger partial charge in [0.1, 0.15) is 17.4 Å². The molecule has 12 nitrogen and oxygen atoms in total. The minimum atomic E-state index is -0.640. The Kier molecular flexibility index (Phi) is 8.39. The van der Waals surface area contributed by atoms with Crippen molar-refractivity contribution in [2.75, 3.05) is 51.3 Å². The first-order valence-corrected chi connectivity index (χ1v) is 17.4. The molecule has 0 radical (unpaired) electrons. The summed E-state index contributed by atoms with van der Waals surface area (Å²) in [5.74, 6) is -0.157. The summed E-state index contributed by atoms with van der Waals surface area (Å²) in [4.78, 5) is 58.2. The number of piperidine rings is 3. The average molecular weight is 652 g/mol. The minimum Gasteiger partial charge on any atom is -0.494 e. The van der Waals surface area contributed by atoms with Crippen LogP contribution in [0.3, 0.4) is 0 Å². The number of carbonyl (C=O) groups excluding carboxylic acids is 4. The third kappa shape index (κ3) is 6.30. The van der Waals surface area contributed by atoms with Crippen LogP contribution in [0.2, 0.25) is 0 Å². The van der Waals surface area contributed by atoms with E-state index >= 15 is 0 Å². The molecule has 6 aliphatic rings. The molecular weight excluding hydrogens is 602 g/mol. The first-order valence-electron chi connectivity index (χ1n) is 17.4. The first kappa shape index (κ1) is 32.2. The Bertz CT molecular complexity index is 1410. The van der Waals surface area contributed by atoms with Gasteiger partial charge < -0.3 is 28.9 Å². The molecule has 5 fully saturated rings. The number of imide groups is 1. The monoisotopic (exact) mass is 651 g/mol. The molecule has 7 rings (SSSR count). The maximum Gasteiger partial charge on any atom is 0.410 e. The second-order valence-corrected chi connectivity index (χ2v) is 15.5. The maximum atomic E-state index is 13.3. The van der Waals surface area contributed by atoms with E-state index < -0.39 is 17.6 Å². The zero-order valence-electron chi connectivity index (χ0n) is 28.2. The molecule has 1 atom stereocenters. The molecule has 1 aliphatic carbocycles. The molecule has 0 bridgehead atoms. The van der Waals surface area contributed by atoms with Crippen LogP contribution < -0.4 is 15.0 Å². The number of ether oxygens (including phenoxy) is 3. The molecule has 12 heteroatoms. The van der Waals surface area contributed by atoms with Crippen LogP contribution in [0.25, 0.3) is 0 Å². The summed E-state index contributed by atoms with van der Waals surface area (Å²) in [6, 6.07) is 3.83. The maximum absolute atomic E-state index is 13.3. The number of nitrogens with zero attached hydrogens (tertiary/aromatic N) is 4. The Morgan fingerprint density at radius 1 is 0.957 bits per heavy atom. The van der Waals surface area contributed by atoms with Gasteiger partial charge in [-0.2, -0.15) is 0 Å². The van der Waals surface area contributed by atoms with E-state index in [-0.39, 0.29) is 30.4 Å². The van der Waals surface area contributed by atoms with Crippen molar-refractivity contribution in [1.29, 1.82) is 0 Å². The number of hydrogen-bond donors (Lipinski definition) is 1. The second-order valence-electron chi connectivity index (χ2n) is 15.5. The zero-order valence-corrected chi connectivity index (χ0v) is 28.2. The number of likely N-dealkylation sites (tertiary alicyclic amines) is 2. The van der Waals surface area contributed by atoms with Gasteiger partial charge in [0.15, 0.2) is 0 Å². The third-order valence-electron chi connectivity index (χ3n) is 11.2. The lowest BCUT2D eigenvalue weighted by Gasteiger charge is -2.59. The highest BCUT2D eigenvalue weighted by Crippen LogP contribution is 2.47. The van der Waals surface area contributed by atoms with Crippen molar-refractivity contribution in [1.82, 2.24) is 20.0 Å². The van der Waals surface area contributed by atoms with E-state index in [4.69, 9.17) is 14.2 Å². The Hall–Kier alpha value is -3.38. The van der Waals surface area contributed by atoms with Gasteiger partial charge >= 0.3 is 6.09 Å². The lowest BCUT2D eigenvalue weighted by molar-refractivity contribution is -0.138. The normalized spacial score (nSPS) is 28.1. The lowest BCUT2D eigenvalue weighted by atomic mass is 9.69. The van der Waals surface area contributed by atoms with Gasteiger partial charge in [0.05, 0.1) is 31.5 Å². The Balaban J connectivity index is 0.863. The molecule has 0 aromatic heterocycles. The van der Waals surface area contributed by atoms with E-state index in [0.29, 0.717) is 54.9 Å². The van der Waals surface area contributed by atoms with E-state index in [0.717, 1.165) is 76.0 Å². The highest BCUT2D eigenvalue weighted by molar-refractivity contribution is 6.06. The molecule has 1 spiro atoms. The van der Waals surface area contributed by atoms with Gasteiger partial charge in [0.2, 0.25) is 11.8 Å². The number of fused-ring (bicyclic) bond motifs is 1. The molecule has 256 valence electrons. The van der Waals surface area contributed by atoms with E-state index in [1.54, 1.807) is 16.9 Å². The summed E-state index contributed by atoms with van der Waals surface area (Å²) in [6.45, 7) is 11.5. The van der Waals surface area contributed by atoms with Crippen LogP contribution in [0.5, 0.6) is 5.75 Å². The van der Waals surface area contributed by atoms with Crippen LogP contribution in [-0.4, -0.2) is 115 Å². The standard InChI is InChI=1S/C35H49N5O7/c1-34(2,3)47-33(44)38-13-9-23(10-14-38)46-24-17-22(18-24)39-20-35(21-39)11-15-37(16-12-35)27-6-5-25-26(30(27)45-4)19-40(32(25)43)28-7-8-29(41)36-31(28)42/h5-6,22-24,28H,7-21H2,1-4H3,(H,36,41,42)/t22-,24-,28?. The average Bonchev–Trinajstić information content (AvgIpc) is 3.32. The number of carbonyl (C=O) groups is 4. The molecule has 1 unspecified atom stereocenters. The number of nitrogens with one attached hydrogen (secondary N) is 1. The Labute approximate surface area is 277 Å². The van der Waals surface area contributed by atoms with Gasteiger partial charge in [-0.3, -0.25) is 24.6 Å². The largest absolute Gasteiger partial charge is 0.494 e. The summed E-state index contributed by atoms with van der Waals surface area (Å²) >= 11 is 0. The van der Waals surface area contributed by atoms with Gasteiger partial charge in [0.25, 0.3) is 5.91 Å². The number of methoxy groups -OCH3 is 1. The van der Waals surface area contributed by atoms with Crippen LogP contribution in [0.4, 0.5) is 10.5 Å². The molecule has 5 heterocycles. The number of rotatable bonds is 6. The van der Waals surface area contributed by atoms with E-state index in [1.165, 1.54) is 0 Å². The second kappa shape index (κ2) is 12.3. The van der Waals surface area contributed by atoms with Crippen molar-refractivity contribution in [2.24, 2.45) is 5.41 Å². The number of hydrogen-bond acceptors (Lipinski definition) is 9. The zero-order chi connectivity index (χ0) is 33.1. The minimum absolute atomic E-state index is 0.182. The van der Waals surface area contributed by atoms with Gasteiger partial charge in [-0.25, -0.2) is 4.79 Å². The molecule has 5 aliphatic heterocycles. The highest BCUT2D eigenvalue weighted by atomic mass is 16.6. The van der Waals surface area contributed by atoms with Crippen molar-refractivity contribution in [3.05, 3.63) is 23.3 Å². The lowest BCUT2D eigenvalue weighted by Crippen LogP contribution is -2.65. The molecular formula is C35H49N5O7. The quantitative estimate of drug-likeness (QED) is 0.462. The fraction of sp³-hybridized carbons (Fsp3) is 0.714. The fourth-order valence-corrected chi connectivity index (χ4v) is 8.41. The SMILES string of the molecule is COc1c(N2CCC3(CC2)CN([C@H]2C[C@H](OC4CCN(C(=O)OC(C)(C)C)CC4)C2)C3)ccc2c1CN(C1CCC(=O)NC1=O)C2=O. The van der Waals surface area contributed by atoms with Crippen LogP contribution in [0, 0.1) is 5.41 Å².